The van der Waals surface area contributed by atoms with Crippen molar-refractivity contribution in [1.82, 2.24) is 0 Å². The molecule has 0 spiro atoms. The molecule has 7 heavy (non-hydrogen) atoms. The van der Waals surface area contributed by atoms with Gasteiger partial charge < -0.3 is 0 Å². The van der Waals surface area contributed by atoms with Crippen molar-refractivity contribution >= 4 is 11.6 Å². The molecular weight excluding hydrogens is 108 g/mol. The van der Waals surface area contributed by atoms with Crippen LogP contribution in [0.3, 0.4) is 0 Å². The summed E-state index contributed by atoms with van der Waals surface area (Å²) in [6, 6.07) is 0. The third-order valence-corrected chi connectivity index (χ3v) is 2.12. The lowest BCUT2D eigenvalue weighted by atomic mass is 10.1. The van der Waals surface area contributed by atoms with Crippen LogP contribution in [0.4, 0.5) is 0 Å². The molecule has 0 aliphatic heterocycles. The molecule has 0 aromatic rings. The molecule has 0 bridgehead atoms. The monoisotopic (exact) mass is 118 g/mol. The Hall–Kier alpha value is 0.290. The van der Waals surface area contributed by atoms with Gasteiger partial charge in [-0.25, -0.2) is 0 Å². The zero-order valence-corrected chi connectivity index (χ0v) is 5.57. The van der Waals surface area contributed by atoms with Crippen LogP contribution in [0.25, 0.3) is 0 Å². The lowest BCUT2D eigenvalue weighted by Gasteiger charge is -1.96. The Labute approximate surface area is 49.9 Å². The molecule has 0 saturated heterocycles. The number of halogens is 1. The Bertz CT molecular complexity index is 68.6. The maximum Gasteiger partial charge on any atom is 0.0370 e. The minimum Gasteiger partial charge on any atom is -0.123 e. The normalized spacial score (nSPS) is 39.4. The van der Waals surface area contributed by atoms with E-state index in [1.807, 2.05) is 0 Å². The van der Waals surface area contributed by atoms with E-state index >= 15 is 0 Å². The van der Waals surface area contributed by atoms with Crippen molar-refractivity contribution in [3.8, 4) is 0 Å². The van der Waals surface area contributed by atoms with Gasteiger partial charge in [-0.15, -0.1) is 11.6 Å². The molecule has 0 aromatic heterocycles. The summed E-state index contributed by atoms with van der Waals surface area (Å²) >= 11 is 5.75. The van der Waals surface area contributed by atoms with Gasteiger partial charge in [0, 0.05) is 5.38 Å². The lowest BCUT2D eigenvalue weighted by Crippen LogP contribution is -1.90. The van der Waals surface area contributed by atoms with Gasteiger partial charge in [0.25, 0.3) is 0 Å². The van der Waals surface area contributed by atoms with E-state index in [1.54, 1.807) is 0 Å². The van der Waals surface area contributed by atoms with Gasteiger partial charge in [0.2, 0.25) is 0 Å². The standard InChI is InChI=1S/C6H11Cl/c1-4(2)5-3-6(5)7/h4-6H,3H2,1-2H3. The third-order valence-electron chi connectivity index (χ3n) is 1.62. The quantitative estimate of drug-likeness (QED) is 0.464. The van der Waals surface area contributed by atoms with E-state index in [0.717, 1.165) is 11.8 Å². The van der Waals surface area contributed by atoms with E-state index in [1.165, 1.54) is 6.42 Å². The summed E-state index contributed by atoms with van der Waals surface area (Å²) < 4.78 is 0. The zero-order chi connectivity index (χ0) is 5.44. The van der Waals surface area contributed by atoms with Crippen molar-refractivity contribution in [3.63, 3.8) is 0 Å². The molecule has 0 radical (unpaired) electrons. The van der Waals surface area contributed by atoms with E-state index in [2.05, 4.69) is 13.8 Å². The molecule has 0 amide bonds. The summed E-state index contributed by atoms with van der Waals surface area (Å²) in [6.07, 6.45) is 1.25. The molecule has 0 nitrogen and oxygen atoms in total. The van der Waals surface area contributed by atoms with Crippen LogP contribution in [0.5, 0.6) is 0 Å². The number of hydrogen-bond acceptors (Lipinski definition) is 0. The molecule has 1 saturated carbocycles. The van der Waals surface area contributed by atoms with Gasteiger partial charge in [0.1, 0.15) is 0 Å². The first-order valence-corrected chi connectivity index (χ1v) is 3.29. The Balaban J connectivity index is 2.20. The molecule has 1 aliphatic rings. The summed E-state index contributed by atoms with van der Waals surface area (Å²) in [7, 11) is 0. The fraction of sp³-hybridized carbons (Fsp3) is 1.00. The Morgan fingerprint density at radius 1 is 1.57 bits per heavy atom. The molecule has 0 N–H and O–H groups in total. The smallest absolute Gasteiger partial charge is 0.0370 e. The molecule has 1 rings (SSSR count). The van der Waals surface area contributed by atoms with Crippen molar-refractivity contribution in [3.05, 3.63) is 0 Å². The lowest BCUT2D eigenvalue weighted by molar-refractivity contribution is 0.565. The van der Waals surface area contributed by atoms with Crippen molar-refractivity contribution < 1.29 is 0 Å². The fourth-order valence-corrected chi connectivity index (χ4v) is 1.37. The summed E-state index contributed by atoms with van der Waals surface area (Å²) in [4.78, 5) is 0. The van der Waals surface area contributed by atoms with Crippen LogP contribution >= 0.6 is 11.6 Å². The van der Waals surface area contributed by atoms with E-state index in [-0.39, 0.29) is 0 Å². The van der Waals surface area contributed by atoms with Crippen molar-refractivity contribution in [1.29, 1.82) is 0 Å². The Morgan fingerprint density at radius 3 is 2.00 bits per heavy atom. The topological polar surface area (TPSA) is 0 Å². The molecule has 1 heteroatoms. The Kier molecular flexibility index (Phi) is 1.29. The first-order chi connectivity index (χ1) is 3.22. The van der Waals surface area contributed by atoms with E-state index in [9.17, 15) is 0 Å². The van der Waals surface area contributed by atoms with Crippen LogP contribution in [0.15, 0.2) is 0 Å². The second-order valence-corrected chi connectivity index (χ2v) is 3.22. The number of hydrogen-bond donors (Lipinski definition) is 0. The predicted octanol–water partition coefficient (Wildman–Crippen LogP) is 2.27. The average molecular weight is 119 g/mol. The highest BCUT2D eigenvalue weighted by Crippen LogP contribution is 2.41. The summed E-state index contributed by atoms with van der Waals surface area (Å²) in [5.74, 6) is 1.64. The van der Waals surface area contributed by atoms with Gasteiger partial charge in [0.05, 0.1) is 0 Å². The highest BCUT2D eigenvalue weighted by atomic mass is 35.5. The summed E-state index contributed by atoms with van der Waals surface area (Å²) in [5, 5.41) is 0.514. The zero-order valence-electron chi connectivity index (χ0n) is 4.82. The minimum absolute atomic E-state index is 0.514. The maximum atomic E-state index is 5.75. The molecule has 2 unspecified atom stereocenters. The second kappa shape index (κ2) is 1.66. The van der Waals surface area contributed by atoms with E-state index < -0.39 is 0 Å². The number of rotatable bonds is 1. The van der Waals surface area contributed by atoms with Crippen LogP contribution in [-0.4, -0.2) is 5.38 Å². The van der Waals surface area contributed by atoms with Crippen LogP contribution in [0.1, 0.15) is 20.3 Å². The SMILES string of the molecule is CC(C)C1CC1Cl. The average Bonchev–Trinajstić information content (AvgIpc) is 2.17. The van der Waals surface area contributed by atoms with Crippen molar-refractivity contribution in [2.75, 3.05) is 0 Å². The van der Waals surface area contributed by atoms with Crippen LogP contribution < -0.4 is 0 Å². The largest absolute Gasteiger partial charge is 0.123 e. The van der Waals surface area contributed by atoms with Crippen molar-refractivity contribution in [2.24, 2.45) is 11.8 Å². The summed E-state index contributed by atoms with van der Waals surface area (Å²) in [6.45, 7) is 4.46. The van der Waals surface area contributed by atoms with Gasteiger partial charge in [-0.2, -0.15) is 0 Å². The summed E-state index contributed by atoms with van der Waals surface area (Å²) in [5.41, 5.74) is 0. The van der Waals surface area contributed by atoms with Gasteiger partial charge in [-0.05, 0) is 18.3 Å². The van der Waals surface area contributed by atoms with Crippen molar-refractivity contribution in [2.45, 2.75) is 25.6 Å². The highest BCUT2D eigenvalue weighted by molar-refractivity contribution is 6.22. The number of alkyl halides is 1. The van der Waals surface area contributed by atoms with Crippen LogP contribution in [0.2, 0.25) is 0 Å². The first-order valence-electron chi connectivity index (χ1n) is 2.86. The van der Waals surface area contributed by atoms with Gasteiger partial charge in [0.15, 0.2) is 0 Å². The fourth-order valence-electron chi connectivity index (χ4n) is 0.871. The second-order valence-electron chi connectivity index (χ2n) is 2.66. The molecule has 42 valence electrons. The third kappa shape index (κ3) is 1.09. The van der Waals surface area contributed by atoms with E-state index in [0.29, 0.717) is 5.38 Å². The molecule has 0 aromatic carbocycles. The van der Waals surface area contributed by atoms with E-state index in [4.69, 9.17) is 11.6 Å². The molecule has 0 heterocycles. The molecule has 2 atom stereocenters. The molecular formula is C6H11Cl. The van der Waals surface area contributed by atoms with Crippen LogP contribution in [-0.2, 0) is 0 Å². The van der Waals surface area contributed by atoms with Gasteiger partial charge in [-0.1, -0.05) is 13.8 Å². The Morgan fingerprint density at radius 2 is 2.00 bits per heavy atom. The van der Waals surface area contributed by atoms with Gasteiger partial charge in [-0.3, -0.25) is 0 Å². The van der Waals surface area contributed by atoms with Crippen LogP contribution in [0, 0.1) is 11.8 Å². The highest BCUT2D eigenvalue weighted by Gasteiger charge is 2.37. The predicted molar refractivity (Wildman–Crippen MR) is 32.6 cm³/mol. The molecule has 1 aliphatic carbocycles. The maximum absolute atomic E-state index is 5.75. The molecule has 1 fully saturated rings. The van der Waals surface area contributed by atoms with Gasteiger partial charge >= 0.3 is 0 Å². The first kappa shape index (κ1) is 5.43. The minimum atomic E-state index is 0.514.